The maximum atomic E-state index is 13.2. The van der Waals surface area contributed by atoms with Gasteiger partial charge in [0.15, 0.2) is 12.2 Å². The second kappa shape index (κ2) is 82.2. The summed E-state index contributed by atoms with van der Waals surface area (Å²) in [4.78, 5) is 73.3. The summed E-state index contributed by atoms with van der Waals surface area (Å²) in [5, 5.41) is 10.7. The Balaban J connectivity index is 5.16. The molecule has 5 atom stereocenters. The lowest BCUT2D eigenvalue weighted by Crippen LogP contribution is -2.30. The lowest BCUT2D eigenvalue weighted by Gasteiger charge is -2.21. The molecular formula is C91H178O17P2. The third-order valence-electron chi connectivity index (χ3n) is 21.5. The van der Waals surface area contributed by atoms with Crippen LogP contribution in [0.4, 0.5) is 0 Å². The van der Waals surface area contributed by atoms with Crippen molar-refractivity contribution in [2.75, 3.05) is 39.6 Å². The minimum absolute atomic E-state index is 0.109. The van der Waals surface area contributed by atoms with Crippen LogP contribution in [-0.2, 0) is 65.4 Å². The highest BCUT2D eigenvalue weighted by atomic mass is 31.2. The number of ether oxygens (including phenoxy) is 4. The van der Waals surface area contributed by atoms with Crippen molar-refractivity contribution in [2.45, 2.75) is 509 Å². The van der Waals surface area contributed by atoms with Gasteiger partial charge in [0.2, 0.25) is 0 Å². The monoisotopic (exact) mass is 1610 g/mol. The molecule has 654 valence electrons. The van der Waals surface area contributed by atoms with Crippen LogP contribution in [-0.4, -0.2) is 96.7 Å². The van der Waals surface area contributed by atoms with Crippen LogP contribution >= 0.6 is 15.6 Å². The van der Waals surface area contributed by atoms with E-state index < -0.39 is 97.5 Å². The summed E-state index contributed by atoms with van der Waals surface area (Å²) in [5.74, 6) is -0.456. The van der Waals surface area contributed by atoms with E-state index in [1.54, 1.807) is 0 Å². The lowest BCUT2D eigenvalue weighted by molar-refractivity contribution is -0.161. The molecule has 0 aromatic carbocycles. The van der Waals surface area contributed by atoms with Gasteiger partial charge in [0, 0.05) is 25.7 Å². The van der Waals surface area contributed by atoms with Crippen molar-refractivity contribution >= 4 is 39.5 Å². The molecule has 0 aliphatic rings. The molecule has 0 aromatic rings. The Morgan fingerprint density at radius 3 is 0.618 bits per heavy atom. The summed E-state index contributed by atoms with van der Waals surface area (Å²) in [5.41, 5.74) is 0. The van der Waals surface area contributed by atoms with Crippen LogP contribution in [0.3, 0.4) is 0 Å². The van der Waals surface area contributed by atoms with Crippen molar-refractivity contribution in [1.82, 2.24) is 0 Å². The first-order chi connectivity index (χ1) is 53.4. The molecule has 0 fully saturated rings. The number of hydrogen-bond donors (Lipinski definition) is 3. The summed E-state index contributed by atoms with van der Waals surface area (Å²) in [6.07, 6.45) is 76.7. The van der Waals surface area contributed by atoms with E-state index >= 15 is 0 Å². The average molecular weight is 1610 g/mol. The number of aliphatic hydroxyl groups is 1. The molecule has 0 aliphatic carbocycles. The third kappa shape index (κ3) is 84.0. The molecule has 2 unspecified atom stereocenters. The van der Waals surface area contributed by atoms with E-state index in [1.807, 2.05) is 0 Å². The van der Waals surface area contributed by atoms with E-state index in [0.29, 0.717) is 25.7 Å². The summed E-state index contributed by atoms with van der Waals surface area (Å²) in [6, 6.07) is 0. The van der Waals surface area contributed by atoms with Gasteiger partial charge in [-0.25, -0.2) is 9.13 Å². The zero-order valence-electron chi connectivity index (χ0n) is 72.6. The van der Waals surface area contributed by atoms with Gasteiger partial charge in [0.05, 0.1) is 26.4 Å². The summed E-state index contributed by atoms with van der Waals surface area (Å²) in [6.45, 7) is 9.75. The molecule has 110 heavy (non-hydrogen) atoms. The molecule has 0 bridgehead atoms. The van der Waals surface area contributed by atoms with Gasteiger partial charge >= 0.3 is 39.5 Å². The number of carbonyl (C=O) groups is 4. The van der Waals surface area contributed by atoms with E-state index in [-0.39, 0.29) is 25.7 Å². The Labute approximate surface area is 677 Å². The van der Waals surface area contributed by atoms with Crippen LogP contribution < -0.4 is 0 Å². The Morgan fingerprint density at radius 2 is 0.418 bits per heavy atom. The maximum Gasteiger partial charge on any atom is 0.472 e. The van der Waals surface area contributed by atoms with Gasteiger partial charge in [-0.2, -0.15) is 0 Å². The molecule has 0 radical (unpaired) electrons. The maximum absolute atomic E-state index is 13.2. The molecule has 0 spiro atoms. The third-order valence-corrected chi connectivity index (χ3v) is 23.4. The van der Waals surface area contributed by atoms with Gasteiger partial charge in [-0.3, -0.25) is 37.3 Å². The van der Waals surface area contributed by atoms with E-state index in [4.69, 9.17) is 37.0 Å². The summed E-state index contributed by atoms with van der Waals surface area (Å²) in [7, 11) is -9.93. The molecule has 0 saturated carbocycles. The molecule has 3 N–H and O–H groups in total. The van der Waals surface area contributed by atoms with Gasteiger partial charge in [-0.1, -0.05) is 440 Å². The van der Waals surface area contributed by atoms with Crippen LogP contribution in [0.25, 0.3) is 0 Å². The predicted octanol–water partition coefficient (Wildman–Crippen LogP) is 28.2. The van der Waals surface area contributed by atoms with Gasteiger partial charge in [0.1, 0.15) is 19.3 Å². The number of phosphoric ester groups is 2. The van der Waals surface area contributed by atoms with Crippen molar-refractivity contribution in [1.29, 1.82) is 0 Å². The van der Waals surface area contributed by atoms with Crippen LogP contribution in [0, 0.1) is 11.8 Å². The quantitative estimate of drug-likeness (QED) is 0.0222. The number of carbonyl (C=O) groups excluding carboxylic acids is 4. The first-order valence-corrected chi connectivity index (χ1v) is 50.0. The van der Waals surface area contributed by atoms with E-state index in [1.165, 1.54) is 308 Å². The van der Waals surface area contributed by atoms with Crippen molar-refractivity contribution in [2.24, 2.45) is 11.8 Å². The minimum atomic E-state index is -4.97. The molecule has 17 nitrogen and oxygen atoms in total. The number of rotatable bonds is 90. The number of aliphatic hydroxyl groups excluding tert-OH is 1. The Morgan fingerprint density at radius 1 is 0.245 bits per heavy atom. The van der Waals surface area contributed by atoms with Crippen LogP contribution in [0.1, 0.15) is 491 Å². The highest BCUT2D eigenvalue weighted by molar-refractivity contribution is 7.47. The molecule has 0 heterocycles. The average Bonchev–Trinajstić information content (AvgIpc) is 0.899. The molecular weight excluding hydrogens is 1430 g/mol. The lowest BCUT2D eigenvalue weighted by atomic mass is 10.0. The Bertz CT molecular complexity index is 2100. The summed E-state index contributed by atoms with van der Waals surface area (Å²) < 4.78 is 69.0. The fourth-order valence-electron chi connectivity index (χ4n) is 14.3. The first kappa shape index (κ1) is 108. The fraction of sp³-hybridized carbons (Fsp3) is 0.956. The predicted molar refractivity (Wildman–Crippen MR) is 455 cm³/mol. The van der Waals surface area contributed by atoms with Crippen LogP contribution in [0.2, 0.25) is 0 Å². The fourth-order valence-corrected chi connectivity index (χ4v) is 15.9. The van der Waals surface area contributed by atoms with Gasteiger partial charge in [0.25, 0.3) is 0 Å². The van der Waals surface area contributed by atoms with Crippen LogP contribution in [0.5, 0.6) is 0 Å². The first-order valence-electron chi connectivity index (χ1n) is 47.0. The van der Waals surface area contributed by atoms with Crippen LogP contribution in [0.15, 0.2) is 0 Å². The number of hydrogen-bond acceptors (Lipinski definition) is 15. The van der Waals surface area contributed by atoms with E-state index in [9.17, 15) is 43.2 Å². The molecule has 0 aromatic heterocycles. The van der Waals surface area contributed by atoms with E-state index in [0.717, 1.165) is 102 Å². The van der Waals surface area contributed by atoms with Gasteiger partial charge in [-0.05, 0) is 37.5 Å². The molecule has 0 amide bonds. The van der Waals surface area contributed by atoms with Crippen molar-refractivity contribution in [3.8, 4) is 0 Å². The summed E-state index contributed by atoms with van der Waals surface area (Å²) >= 11 is 0. The van der Waals surface area contributed by atoms with Gasteiger partial charge < -0.3 is 33.8 Å². The number of phosphoric acid groups is 2. The minimum Gasteiger partial charge on any atom is -0.462 e. The van der Waals surface area contributed by atoms with Gasteiger partial charge in [-0.15, -0.1) is 0 Å². The van der Waals surface area contributed by atoms with Crippen molar-refractivity contribution in [3.63, 3.8) is 0 Å². The second-order valence-corrected chi connectivity index (χ2v) is 36.6. The normalized spacial score (nSPS) is 13.7. The molecule has 0 aliphatic heterocycles. The molecule has 0 saturated heterocycles. The van der Waals surface area contributed by atoms with E-state index in [2.05, 4.69) is 41.5 Å². The van der Waals surface area contributed by atoms with Crippen molar-refractivity contribution < 1.29 is 80.2 Å². The molecule has 0 rings (SSSR count). The number of esters is 4. The highest BCUT2D eigenvalue weighted by Crippen LogP contribution is 2.45. The highest BCUT2D eigenvalue weighted by Gasteiger charge is 2.31. The topological polar surface area (TPSA) is 237 Å². The SMILES string of the molecule is CCCCCCCCCCCCCCCCCCCCCCC(=O)O[C@H](COC(=O)CCCCCCCCCC)COP(=O)(O)OC[C@H](O)COP(=O)(O)OC[C@@H](COC(=O)CCCCCCCCCCCCCCCCCCCCC(C)C)OC(=O)CCCCCCCCCCCCCCCCCCCCC(C)C. The number of unbranched alkanes of at least 4 members (excludes halogenated alkanes) is 60. The van der Waals surface area contributed by atoms with Crippen molar-refractivity contribution in [3.05, 3.63) is 0 Å². The largest absolute Gasteiger partial charge is 0.472 e. The Hall–Kier alpha value is -1.94. The Kier molecular flexibility index (Phi) is 80.7. The molecule has 19 heteroatoms. The standard InChI is InChI=1S/C91H178O17P2/c1-7-9-11-13-15-17-18-19-20-21-22-23-31-36-41-46-51-57-63-69-75-90(95)107-86(79-101-88(93)73-67-61-55-16-14-12-10-8-2)81-105-109(97,98)103-77-85(92)78-104-110(99,100)106-82-87(108-91(96)76-70-64-58-52-47-42-37-32-27-25-29-34-39-44-49-54-60-66-72-84(5)6)80-102-89(94)74-68-62-56-50-45-40-35-30-26-24-28-33-38-43-48-53-59-65-71-83(3)4/h83-87,92H,7-82H2,1-6H3,(H,97,98)(H,99,100)/t85-,86+,87+/m0/s1. The smallest absolute Gasteiger partial charge is 0.462 e. The zero-order valence-corrected chi connectivity index (χ0v) is 74.4. The second-order valence-electron chi connectivity index (χ2n) is 33.6. The zero-order chi connectivity index (χ0) is 80.6.